The highest BCUT2D eigenvalue weighted by Crippen LogP contribution is 2.31. The number of amides is 1. The van der Waals surface area contributed by atoms with Crippen molar-refractivity contribution in [2.45, 2.75) is 44.9 Å². The van der Waals surface area contributed by atoms with Gasteiger partial charge in [-0.2, -0.15) is 0 Å². The van der Waals surface area contributed by atoms with Crippen molar-refractivity contribution >= 4 is 5.91 Å². The third-order valence-electron chi connectivity index (χ3n) is 5.88. The molecule has 0 radical (unpaired) electrons. The number of hydrogen-bond acceptors (Lipinski definition) is 4. The normalized spacial score (nSPS) is 21.7. The van der Waals surface area contributed by atoms with Crippen molar-refractivity contribution in [3.05, 3.63) is 64.2 Å². The van der Waals surface area contributed by atoms with Gasteiger partial charge in [0.1, 0.15) is 5.75 Å². The number of carbonyl (C=O) groups excluding carboxylic acids is 1. The highest BCUT2D eigenvalue weighted by Gasteiger charge is 2.38. The first-order chi connectivity index (χ1) is 13.6. The van der Waals surface area contributed by atoms with E-state index in [1.165, 1.54) is 16.7 Å². The zero-order valence-electron chi connectivity index (χ0n) is 16.5. The summed E-state index contributed by atoms with van der Waals surface area (Å²) in [6.45, 7) is 3.65. The van der Waals surface area contributed by atoms with E-state index in [0.29, 0.717) is 26.2 Å². The number of benzene rings is 2. The van der Waals surface area contributed by atoms with Crippen molar-refractivity contribution in [3.63, 3.8) is 0 Å². The average Bonchev–Trinajstić information content (AvgIpc) is 3.04. The maximum atomic E-state index is 13.1. The summed E-state index contributed by atoms with van der Waals surface area (Å²) in [5, 5.41) is 10.3. The molecule has 2 aromatic carbocycles. The second-order valence-corrected chi connectivity index (χ2v) is 7.59. The van der Waals surface area contributed by atoms with Crippen LogP contribution in [0.1, 0.15) is 46.0 Å². The number of aryl methyl sites for hydroxylation is 1. The number of hydrogen-bond donors (Lipinski definition) is 1. The smallest absolute Gasteiger partial charge is 0.254 e. The van der Waals surface area contributed by atoms with Gasteiger partial charge in [0.05, 0.1) is 25.9 Å². The van der Waals surface area contributed by atoms with Gasteiger partial charge in [-0.05, 0) is 59.7 Å². The summed E-state index contributed by atoms with van der Waals surface area (Å²) >= 11 is 0. The summed E-state index contributed by atoms with van der Waals surface area (Å²) in [5.74, 6) is 0.843. The lowest BCUT2D eigenvalue weighted by Crippen LogP contribution is -2.49. The molecule has 148 valence electrons. The molecule has 2 aliphatic heterocycles. The van der Waals surface area contributed by atoms with Crippen LogP contribution < -0.4 is 4.74 Å². The molecule has 2 aliphatic rings. The van der Waals surface area contributed by atoms with Crippen LogP contribution in [0.4, 0.5) is 0 Å². The van der Waals surface area contributed by atoms with Gasteiger partial charge >= 0.3 is 0 Å². The molecule has 1 N–H and O–H groups in total. The van der Waals surface area contributed by atoms with E-state index in [1.807, 2.05) is 12.1 Å². The molecule has 28 heavy (non-hydrogen) atoms. The molecule has 2 heterocycles. The largest absolute Gasteiger partial charge is 0.497 e. The molecule has 0 aromatic heterocycles. The molecule has 0 bridgehead atoms. The van der Waals surface area contributed by atoms with Crippen molar-refractivity contribution in [2.24, 2.45) is 0 Å². The zero-order chi connectivity index (χ0) is 19.7. The lowest BCUT2D eigenvalue weighted by molar-refractivity contribution is -0.0528. The summed E-state index contributed by atoms with van der Waals surface area (Å²) < 4.78 is 10.8. The summed E-state index contributed by atoms with van der Waals surface area (Å²) in [4.78, 5) is 14.9. The van der Waals surface area contributed by atoms with E-state index in [2.05, 4.69) is 31.2 Å². The molecule has 0 aliphatic carbocycles. The van der Waals surface area contributed by atoms with Gasteiger partial charge in [0.2, 0.25) is 0 Å². The molecule has 2 unspecified atom stereocenters. The minimum atomic E-state index is -0.517. The van der Waals surface area contributed by atoms with Crippen LogP contribution in [-0.4, -0.2) is 48.4 Å². The SMILES string of the molecule is CCc1cc2c(cc1Cc1ccc(OC)cc1)C(=O)N(C1COCCC1O)C2. The first-order valence-corrected chi connectivity index (χ1v) is 9.95. The van der Waals surface area contributed by atoms with Crippen molar-refractivity contribution in [3.8, 4) is 5.75 Å². The molecule has 0 saturated carbocycles. The van der Waals surface area contributed by atoms with Crippen molar-refractivity contribution in [1.82, 2.24) is 4.90 Å². The van der Waals surface area contributed by atoms with Gasteiger partial charge in [-0.1, -0.05) is 25.1 Å². The zero-order valence-corrected chi connectivity index (χ0v) is 16.5. The van der Waals surface area contributed by atoms with Crippen LogP contribution in [0.3, 0.4) is 0 Å². The molecule has 1 amide bonds. The lowest BCUT2D eigenvalue weighted by atomic mass is 9.93. The molecule has 2 atom stereocenters. The summed E-state index contributed by atoms with van der Waals surface area (Å²) in [7, 11) is 1.66. The van der Waals surface area contributed by atoms with E-state index < -0.39 is 6.10 Å². The van der Waals surface area contributed by atoms with Gasteiger partial charge in [-0.15, -0.1) is 0 Å². The van der Waals surface area contributed by atoms with E-state index in [0.717, 1.165) is 29.7 Å². The fourth-order valence-electron chi connectivity index (χ4n) is 4.21. The van der Waals surface area contributed by atoms with E-state index in [-0.39, 0.29) is 11.9 Å². The lowest BCUT2D eigenvalue weighted by Gasteiger charge is -2.34. The molecular formula is C23H27NO4. The third-order valence-corrected chi connectivity index (χ3v) is 5.88. The monoisotopic (exact) mass is 381 g/mol. The molecule has 2 aromatic rings. The van der Waals surface area contributed by atoms with Gasteiger partial charge in [0.15, 0.2) is 0 Å². The maximum absolute atomic E-state index is 13.1. The quantitative estimate of drug-likeness (QED) is 0.865. The van der Waals surface area contributed by atoms with Crippen LogP contribution in [0.15, 0.2) is 36.4 Å². The number of carbonyl (C=O) groups is 1. The second-order valence-electron chi connectivity index (χ2n) is 7.59. The van der Waals surface area contributed by atoms with Crippen LogP contribution in [0.25, 0.3) is 0 Å². The van der Waals surface area contributed by atoms with E-state index in [1.54, 1.807) is 12.0 Å². The highest BCUT2D eigenvalue weighted by atomic mass is 16.5. The molecule has 4 rings (SSSR count). The highest BCUT2D eigenvalue weighted by molar-refractivity contribution is 5.99. The van der Waals surface area contributed by atoms with Crippen LogP contribution in [0.2, 0.25) is 0 Å². The summed E-state index contributed by atoms with van der Waals surface area (Å²) in [6, 6.07) is 12.0. The third kappa shape index (κ3) is 3.52. The predicted molar refractivity (Wildman–Crippen MR) is 107 cm³/mol. The Balaban J connectivity index is 1.60. The molecular weight excluding hydrogens is 354 g/mol. The van der Waals surface area contributed by atoms with Gasteiger partial charge in [0.25, 0.3) is 5.91 Å². The van der Waals surface area contributed by atoms with Crippen LogP contribution in [0, 0.1) is 0 Å². The average molecular weight is 381 g/mol. The van der Waals surface area contributed by atoms with Gasteiger partial charge in [0, 0.05) is 18.7 Å². The number of methoxy groups -OCH3 is 1. The molecule has 5 nitrogen and oxygen atoms in total. The Morgan fingerprint density at radius 2 is 2.00 bits per heavy atom. The number of fused-ring (bicyclic) bond motifs is 1. The van der Waals surface area contributed by atoms with Gasteiger partial charge in [-0.3, -0.25) is 4.79 Å². The van der Waals surface area contributed by atoms with Crippen molar-refractivity contribution < 1.29 is 19.4 Å². The maximum Gasteiger partial charge on any atom is 0.254 e. The molecule has 0 spiro atoms. The standard InChI is InChI=1S/C23H27NO4/c1-3-16-11-18-13-24(21-14-28-9-8-22(21)25)23(26)20(18)12-17(16)10-15-4-6-19(27-2)7-5-15/h4-7,11-12,21-22,25H,3,8-10,13-14H2,1-2H3. The minimum Gasteiger partial charge on any atom is -0.497 e. The van der Waals surface area contributed by atoms with E-state index in [9.17, 15) is 9.90 Å². The predicted octanol–water partition coefficient (Wildman–Crippen LogP) is 2.95. The number of rotatable bonds is 5. The van der Waals surface area contributed by atoms with Crippen molar-refractivity contribution in [1.29, 1.82) is 0 Å². The number of ether oxygens (including phenoxy) is 2. The van der Waals surface area contributed by atoms with Gasteiger partial charge in [-0.25, -0.2) is 0 Å². The number of aliphatic hydroxyl groups is 1. The number of aliphatic hydroxyl groups excluding tert-OH is 1. The summed E-state index contributed by atoms with van der Waals surface area (Å²) in [5.41, 5.74) is 5.46. The fraction of sp³-hybridized carbons (Fsp3) is 0.435. The molecule has 1 fully saturated rings. The Labute approximate surface area is 165 Å². The Kier molecular flexibility index (Phi) is 5.38. The fourth-order valence-corrected chi connectivity index (χ4v) is 4.21. The molecule has 1 saturated heterocycles. The Morgan fingerprint density at radius 1 is 1.21 bits per heavy atom. The minimum absolute atomic E-state index is 0.00295. The van der Waals surface area contributed by atoms with E-state index in [4.69, 9.17) is 9.47 Å². The topological polar surface area (TPSA) is 59.0 Å². The van der Waals surface area contributed by atoms with Crippen LogP contribution in [0.5, 0.6) is 5.75 Å². The van der Waals surface area contributed by atoms with Crippen LogP contribution in [-0.2, 0) is 24.1 Å². The van der Waals surface area contributed by atoms with Gasteiger partial charge < -0.3 is 19.5 Å². The van der Waals surface area contributed by atoms with Crippen molar-refractivity contribution in [2.75, 3.05) is 20.3 Å². The first-order valence-electron chi connectivity index (χ1n) is 9.95. The van der Waals surface area contributed by atoms with E-state index >= 15 is 0 Å². The Morgan fingerprint density at radius 3 is 2.68 bits per heavy atom. The number of nitrogens with zero attached hydrogens (tertiary/aromatic N) is 1. The van der Waals surface area contributed by atoms with Crippen LogP contribution >= 0.6 is 0 Å². The Hall–Kier alpha value is -2.37. The molecule has 5 heteroatoms. The summed E-state index contributed by atoms with van der Waals surface area (Å²) in [6.07, 6.45) is 1.76. The Bertz CT molecular complexity index is 862. The second kappa shape index (κ2) is 7.94. The first kappa shape index (κ1) is 19.0.